The molecule has 4 heteroatoms. The average Bonchev–Trinajstić information content (AvgIpc) is 2.53. The predicted octanol–water partition coefficient (Wildman–Crippen LogP) is 2.97. The molecule has 1 saturated carbocycles. The molecule has 4 nitrogen and oxygen atoms in total. The van der Waals surface area contributed by atoms with Crippen LogP contribution in [0.5, 0.6) is 0 Å². The number of piperidine rings is 1. The smallest absolute Gasteiger partial charge is 0.222 e. The van der Waals surface area contributed by atoms with Gasteiger partial charge in [-0.3, -0.25) is 9.59 Å². The molecule has 126 valence electrons. The minimum Gasteiger partial charge on any atom is -0.356 e. The number of nitrogens with zero attached hydrogens (tertiary/aromatic N) is 1. The lowest BCUT2D eigenvalue weighted by Crippen LogP contribution is -2.44. The molecule has 2 rings (SSSR count). The van der Waals surface area contributed by atoms with Crippen LogP contribution in [0.2, 0.25) is 0 Å². The minimum absolute atomic E-state index is 0.0348. The molecule has 22 heavy (non-hydrogen) atoms. The van der Waals surface area contributed by atoms with E-state index < -0.39 is 0 Å². The summed E-state index contributed by atoms with van der Waals surface area (Å²) in [5, 5.41) is 3.02. The van der Waals surface area contributed by atoms with Crippen molar-refractivity contribution in [2.45, 2.75) is 65.2 Å². The molecule has 2 fully saturated rings. The quantitative estimate of drug-likeness (QED) is 0.849. The third kappa shape index (κ3) is 5.29. The maximum atomic E-state index is 12.5. The zero-order valence-corrected chi connectivity index (χ0v) is 14.3. The summed E-state index contributed by atoms with van der Waals surface area (Å²) in [5.41, 5.74) is 0. The highest BCUT2D eigenvalue weighted by Gasteiger charge is 2.26. The number of hydrogen-bond acceptors (Lipinski definition) is 2. The largest absolute Gasteiger partial charge is 0.356 e. The first-order chi connectivity index (χ1) is 10.6. The van der Waals surface area contributed by atoms with E-state index in [1.807, 2.05) is 18.7 Å². The Hall–Kier alpha value is -1.06. The van der Waals surface area contributed by atoms with Crippen LogP contribution in [0.1, 0.15) is 65.2 Å². The Bertz CT molecular complexity index is 375. The van der Waals surface area contributed by atoms with Gasteiger partial charge in [-0.05, 0) is 37.5 Å². The predicted molar refractivity (Wildman–Crippen MR) is 88.3 cm³/mol. The Kier molecular flexibility index (Phi) is 6.71. The molecule has 1 atom stereocenters. The van der Waals surface area contributed by atoms with Crippen LogP contribution in [0.4, 0.5) is 0 Å². The van der Waals surface area contributed by atoms with Gasteiger partial charge in [-0.1, -0.05) is 33.1 Å². The van der Waals surface area contributed by atoms with Gasteiger partial charge in [0.1, 0.15) is 0 Å². The van der Waals surface area contributed by atoms with Gasteiger partial charge in [0.15, 0.2) is 0 Å². The summed E-state index contributed by atoms with van der Waals surface area (Å²) in [6, 6.07) is 0. The topological polar surface area (TPSA) is 49.4 Å². The number of amides is 2. The second-order valence-electron chi connectivity index (χ2n) is 7.46. The second-order valence-corrected chi connectivity index (χ2v) is 7.46. The molecule has 1 aliphatic heterocycles. The highest BCUT2D eigenvalue weighted by atomic mass is 16.2. The van der Waals surface area contributed by atoms with Crippen molar-refractivity contribution in [3.63, 3.8) is 0 Å². The monoisotopic (exact) mass is 308 g/mol. The van der Waals surface area contributed by atoms with Crippen LogP contribution in [0.25, 0.3) is 0 Å². The highest BCUT2D eigenvalue weighted by Crippen LogP contribution is 2.27. The average molecular weight is 308 g/mol. The first-order valence-corrected chi connectivity index (χ1v) is 9.11. The summed E-state index contributed by atoms with van der Waals surface area (Å²) in [6.07, 6.45) is 9.31. The number of hydrogen-bond donors (Lipinski definition) is 1. The van der Waals surface area contributed by atoms with Crippen LogP contribution in [0.15, 0.2) is 0 Å². The van der Waals surface area contributed by atoms with E-state index in [1.165, 1.54) is 32.1 Å². The van der Waals surface area contributed by atoms with Gasteiger partial charge in [0.05, 0.1) is 0 Å². The fraction of sp³-hybridized carbons (Fsp3) is 0.889. The van der Waals surface area contributed by atoms with Crippen molar-refractivity contribution in [3.05, 3.63) is 0 Å². The van der Waals surface area contributed by atoms with Crippen molar-refractivity contribution in [1.29, 1.82) is 0 Å². The van der Waals surface area contributed by atoms with Gasteiger partial charge in [-0.2, -0.15) is 0 Å². The standard InChI is InChI=1S/C18H32N2O2/c1-14(2)18(22)19-12-16-9-6-10-20(13-16)17(21)11-15-7-4-3-5-8-15/h14-16H,3-13H2,1-2H3,(H,19,22)/t16-/m1/s1. The fourth-order valence-corrected chi connectivity index (χ4v) is 3.67. The number of likely N-dealkylation sites (tertiary alicyclic amines) is 1. The summed E-state index contributed by atoms with van der Waals surface area (Å²) in [6.45, 7) is 6.26. The molecule has 0 unspecified atom stereocenters. The normalized spacial score (nSPS) is 23.6. The molecule has 1 heterocycles. The molecule has 1 N–H and O–H groups in total. The Balaban J connectivity index is 1.74. The Morgan fingerprint density at radius 2 is 1.73 bits per heavy atom. The van der Waals surface area contributed by atoms with Crippen molar-refractivity contribution < 1.29 is 9.59 Å². The highest BCUT2D eigenvalue weighted by molar-refractivity contribution is 5.78. The van der Waals surface area contributed by atoms with Crippen LogP contribution < -0.4 is 5.32 Å². The molecule has 0 spiro atoms. The van der Waals surface area contributed by atoms with Crippen LogP contribution >= 0.6 is 0 Å². The van der Waals surface area contributed by atoms with Crippen molar-refractivity contribution >= 4 is 11.8 Å². The third-order valence-electron chi connectivity index (χ3n) is 5.15. The van der Waals surface area contributed by atoms with E-state index in [0.29, 0.717) is 24.3 Å². The summed E-state index contributed by atoms with van der Waals surface area (Å²) in [5.74, 6) is 1.53. The first-order valence-electron chi connectivity index (χ1n) is 9.11. The Labute approximate surface area is 135 Å². The molecule has 0 aromatic rings. The van der Waals surface area contributed by atoms with Crippen LogP contribution in [-0.4, -0.2) is 36.3 Å². The van der Waals surface area contributed by atoms with Crippen LogP contribution in [0.3, 0.4) is 0 Å². The number of rotatable bonds is 5. The van der Waals surface area contributed by atoms with Crippen LogP contribution in [0, 0.1) is 17.8 Å². The van der Waals surface area contributed by atoms with Gasteiger partial charge in [-0.25, -0.2) is 0 Å². The number of carbonyl (C=O) groups is 2. The zero-order chi connectivity index (χ0) is 15.9. The first kappa shape index (κ1) is 17.3. The summed E-state index contributed by atoms with van der Waals surface area (Å²) in [7, 11) is 0. The Morgan fingerprint density at radius 3 is 2.41 bits per heavy atom. The molecule has 1 saturated heterocycles. The molecule has 2 amide bonds. The summed E-state index contributed by atoms with van der Waals surface area (Å²) >= 11 is 0. The van der Waals surface area contributed by atoms with E-state index in [9.17, 15) is 9.59 Å². The van der Waals surface area contributed by atoms with Crippen molar-refractivity contribution in [3.8, 4) is 0 Å². The van der Waals surface area contributed by atoms with Gasteiger partial charge in [0.2, 0.25) is 11.8 Å². The number of nitrogens with one attached hydrogen (secondary N) is 1. The summed E-state index contributed by atoms with van der Waals surface area (Å²) in [4.78, 5) is 26.2. The van der Waals surface area contributed by atoms with Gasteiger partial charge in [0.25, 0.3) is 0 Å². The van der Waals surface area contributed by atoms with E-state index in [-0.39, 0.29) is 11.8 Å². The molecule has 0 aromatic carbocycles. The fourth-order valence-electron chi connectivity index (χ4n) is 3.67. The molecule has 0 bridgehead atoms. The maximum Gasteiger partial charge on any atom is 0.222 e. The van der Waals surface area contributed by atoms with E-state index in [0.717, 1.165) is 32.4 Å². The lowest BCUT2D eigenvalue weighted by atomic mass is 9.86. The molecule has 0 aromatic heterocycles. The van der Waals surface area contributed by atoms with Gasteiger partial charge < -0.3 is 10.2 Å². The lowest BCUT2D eigenvalue weighted by molar-refractivity contribution is -0.134. The molecule has 1 aliphatic carbocycles. The van der Waals surface area contributed by atoms with Crippen molar-refractivity contribution in [2.75, 3.05) is 19.6 Å². The van der Waals surface area contributed by atoms with Crippen LogP contribution in [-0.2, 0) is 9.59 Å². The molecule has 2 aliphatic rings. The van der Waals surface area contributed by atoms with Gasteiger partial charge in [-0.15, -0.1) is 0 Å². The Morgan fingerprint density at radius 1 is 1.05 bits per heavy atom. The molecular weight excluding hydrogens is 276 g/mol. The SMILES string of the molecule is CC(C)C(=O)NC[C@H]1CCCN(C(=O)CC2CCCCC2)C1. The minimum atomic E-state index is 0.0348. The van der Waals surface area contributed by atoms with E-state index in [2.05, 4.69) is 5.32 Å². The third-order valence-corrected chi connectivity index (χ3v) is 5.15. The second kappa shape index (κ2) is 8.54. The maximum absolute atomic E-state index is 12.5. The lowest BCUT2D eigenvalue weighted by Gasteiger charge is -2.34. The van der Waals surface area contributed by atoms with E-state index >= 15 is 0 Å². The van der Waals surface area contributed by atoms with Crippen molar-refractivity contribution in [1.82, 2.24) is 10.2 Å². The number of carbonyl (C=O) groups excluding carboxylic acids is 2. The van der Waals surface area contributed by atoms with Gasteiger partial charge in [0, 0.05) is 32.0 Å². The molecular formula is C18H32N2O2. The molecule has 0 radical (unpaired) electrons. The van der Waals surface area contributed by atoms with Gasteiger partial charge >= 0.3 is 0 Å². The van der Waals surface area contributed by atoms with E-state index in [1.54, 1.807) is 0 Å². The summed E-state index contributed by atoms with van der Waals surface area (Å²) < 4.78 is 0. The van der Waals surface area contributed by atoms with E-state index in [4.69, 9.17) is 0 Å². The zero-order valence-electron chi connectivity index (χ0n) is 14.3. The van der Waals surface area contributed by atoms with Crippen molar-refractivity contribution in [2.24, 2.45) is 17.8 Å².